The normalized spacial score (nSPS) is 40.6. The molecule has 3 saturated heterocycles. The largest absolute Gasteiger partial charge is 0.571 e. The van der Waals surface area contributed by atoms with Gasteiger partial charge in [0, 0.05) is 18.2 Å². The maximum atomic E-state index is 11.0. The summed E-state index contributed by atoms with van der Waals surface area (Å²) in [5, 5.41) is 134. The molecule has 1 aliphatic carbocycles. The number of hydrogen-bond acceptors (Lipinski definition) is 20. The molecule has 0 saturated carbocycles. The Labute approximate surface area is 311 Å². The Balaban J connectivity index is 1.31. The Bertz CT molecular complexity index is 1640. The van der Waals surface area contributed by atoms with Gasteiger partial charge in [-0.3, -0.25) is 0 Å². The van der Waals surface area contributed by atoms with Gasteiger partial charge in [-0.25, -0.2) is 0 Å². The summed E-state index contributed by atoms with van der Waals surface area (Å²) in [6, 6.07) is 4.14. The Hall–Kier alpha value is -3.62. The molecule has 3 fully saturated rings. The second-order valence-electron chi connectivity index (χ2n) is 13.4. The van der Waals surface area contributed by atoms with Crippen LogP contribution in [0.25, 0.3) is 5.76 Å². The molecule has 1 aromatic carbocycles. The highest BCUT2D eigenvalue weighted by atomic mass is 16.7. The third-order valence-corrected chi connectivity index (χ3v) is 9.73. The van der Waals surface area contributed by atoms with Gasteiger partial charge in [0.05, 0.1) is 44.1 Å². The molecule has 1 aromatic rings. The zero-order chi connectivity index (χ0) is 39.9. The van der Waals surface area contributed by atoms with E-state index >= 15 is 0 Å². The van der Waals surface area contributed by atoms with Gasteiger partial charge in [-0.15, -0.1) is 0 Å². The van der Waals surface area contributed by atoms with Crippen LogP contribution in [-0.4, -0.2) is 196 Å². The predicted molar refractivity (Wildman–Crippen MR) is 177 cm³/mol. The van der Waals surface area contributed by atoms with Gasteiger partial charge in [0.2, 0.25) is 24.4 Å². The van der Waals surface area contributed by atoms with Crippen LogP contribution in [0.2, 0.25) is 0 Å². The molecule has 306 valence electrons. The monoisotopic (exact) mass is 789 g/mol. The first-order chi connectivity index (χ1) is 26.2. The van der Waals surface area contributed by atoms with E-state index in [1.165, 1.54) is 37.5 Å². The minimum absolute atomic E-state index is 0.0238. The van der Waals surface area contributed by atoms with Crippen LogP contribution in [0.4, 0.5) is 0 Å². The maximum Gasteiger partial charge on any atom is 0.305 e. The lowest BCUT2D eigenvalue weighted by molar-refractivity contribution is -0.327. The third kappa shape index (κ3) is 8.14. The van der Waals surface area contributed by atoms with Gasteiger partial charge >= 0.3 is 5.76 Å². The zero-order valence-electron chi connectivity index (χ0n) is 28.9. The molecule has 0 spiro atoms. The molecule has 6 rings (SSSR count). The van der Waals surface area contributed by atoms with E-state index in [1.54, 1.807) is 0 Å². The van der Waals surface area contributed by atoms with Gasteiger partial charge in [-0.05, 0) is 12.1 Å². The molecule has 55 heavy (non-hydrogen) atoms. The Kier molecular flexibility index (Phi) is 12.6. The van der Waals surface area contributed by atoms with E-state index in [0.29, 0.717) is 0 Å². The van der Waals surface area contributed by atoms with Crippen molar-refractivity contribution in [1.82, 2.24) is 0 Å². The van der Waals surface area contributed by atoms with Gasteiger partial charge in [-0.2, -0.15) is 0 Å². The summed E-state index contributed by atoms with van der Waals surface area (Å²) in [5.74, 6) is -0.870. The highest BCUT2D eigenvalue weighted by molar-refractivity contribution is 5.69. The van der Waals surface area contributed by atoms with E-state index in [0.717, 1.165) is 6.08 Å². The molecule has 4 heterocycles. The number of phenolic OH excluding ortho intramolecular Hbond substituents is 1. The van der Waals surface area contributed by atoms with Crippen LogP contribution < -0.4 is 4.74 Å². The van der Waals surface area contributed by atoms with Crippen LogP contribution in [0.15, 0.2) is 59.3 Å². The summed E-state index contributed by atoms with van der Waals surface area (Å²) in [5.41, 5.74) is 0.416. The van der Waals surface area contributed by atoms with Crippen molar-refractivity contribution in [1.29, 1.82) is 0 Å². The molecule has 0 radical (unpaired) electrons. The summed E-state index contributed by atoms with van der Waals surface area (Å²) < 4.78 is 44.0. The minimum Gasteiger partial charge on any atom is -0.571 e. The van der Waals surface area contributed by atoms with Crippen molar-refractivity contribution < 1.29 is 104 Å². The van der Waals surface area contributed by atoms with Gasteiger partial charge in [0.15, 0.2) is 17.8 Å². The van der Waals surface area contributed by atoms with Gasteiger partial charge in [0.25, 0.3) is 0 Å². The number of aromatic hydroxyl groups is 1. The highest BCUT2D eigenvalue weighted by Crippen LogP contribution is 2.40. The number of hydrogen-bond donors (Lipinski definition) is 13. The number of fused-ring (bicyclic) bond motifs is 1. The highest BCUT2D eigenvalue weighted by Gasteiger charge is 2.50. The Morgan fingerprint density at radius 3 is 1.80 bits per heavy atom. The second-order valence-corrected chi connectivity index (χ2v) is 13.4. The number of phenols is 1. The fraction of sp³-hybridized carbons (Fsp3) is 0.588. The molecular weight excluding hydrogens is 744 g/mol. The van der Waals surface area contributed by atoms with E-state index in [4.69, 9.17) is 33.2 Å². The van der Waals surface area contributed by atoms with Crippen molar-refractivity contribution in [2.45, 2.75) is 98.2 Å². The summed E-state index contributed by atoms with van der Waals surface area (Å²) in [6.07, 6.45) is -22.6. The number of benzene rings is 1. The average Bonchev–Trinajstić information content (AvgIpc) is 3.17. The molecule has 21 nitrogen and oxygen atoms in total. The van der Waals surface area contributed by atoms with Crippen molar-refractivity contribution in [3.63, 3.8) is 0 Å². The second kappa shape index (κ2) is 16.9. The third-order valence-electron chi connectivity index (χ3n) is 9.73. The van der Waals surface area contributed by atoms with Gasteiger partial charge < -0.3 is 104 Å². The van der Waals surface area contributed by atoms with Crippen molar-refractivity contribution in [2.75, 3.05) is 26.9 Å². The van der Waals surface area contributed by atoms with Crippen molar-refractivity contribution in [2.24, 2.45) is 0 Å². The smallest absolute Gasteiger partial charge is 0.305 e. The summed E-state index contributed by atoms with van der Waals surface area (Å²) in [7, 11) is 1.31. The van der Waals surface area contributed by atoms with E-state index in [2.05, 4.69) is 4.74 Å². The fourth-order valence-corrected chi connectivity index (χ4v) is 6.53. The lowest BCUT2D eigenvalue weighted by Gasteiger charge is -2.43. The Morgan fingerprint density at radius 1 is 0.655 bits per heavy atom. The topological polar surface area (TPSA) is 340 Å². The van der Waals surface area contributed by atoms with Crippen LogP contribution in [0.3, 0.4) is 0 Å². The molecule has 21 heteroatoms. The Morgan fingerprint density at radius 2 is 1.20 bits per heavy atom. The first-order valence-electron chi connectivity index (χ1n) is 17.1. The zero-order valence-corrected chi connectivity index (χ0v) is 28.9. The fourth-order valence-electron chi connectivity index (χ4n) is 6.53. The number of allylic oxidation sites excluding steroid dienone is 2. The van der Waals surface area contributed by atoms with Crippen LogP contribution in [-0.2, 0) is 28.4 Å². The number of aliphatic hydroxyl groups excluding tert-OH is 12. The minimum atomic E-state index is -1.92. The molecule has 16 atom stereocenters. The first-order valence-corrected chi connectivity index (χ1v) is 17.1. The van der Waals surface area contributed by atoms with Crippen molar-refractivity contribution in [3.8, 4) is 11.5 Å². The summed E-state index contributed by atoms with van der Waals surface area (Å²) >= 11 is 0. The molecule has 0 amide bonds. The van der Waals surface area contributed by atoms with Crippen molar-refractivity contribution in [3.05, 3.63) is 64.8 Å². The SMILES string of the molecule is COc1cc(C2=C(OC3OC(COC4OC(CO)C(O)C(O)C4O)C(O)C(O)C3O)C=C3C(OC4OC(CO)C(O)C(O)C4O)=CC(O)=CC3[OH+]2)ccc1O. The van der Waals surface area contributed by atoms with Crippen LogP contribution in [0.5, 0.6) is 11.5 Å². The predicted octanol–water partition coefficient (Wildman–Crippen LogP) is -5.30. The van der Waals surface area contributed by atoms with Crippen LogP contribution in [0, 0.1) is 0 Å². The standard InChI is InChI=1S/C34H44O21/c1-48-17-4-11(2-3-14(17)38)31-18(7-13-15(50-31)5-12(37)6-16(13)51-33-29(46)26(43)23(40)20(9-36)54-33)52-34-30(47)27(44)24(41)21(55-34)10-49-32-28(45)25(42)22(39)19(8-35)53-32/h2-7,15,19-30,32-47H,8-10H2,1H3/p+1. The molecule has 5 aliphatic rings. The average molecular weight is 790 g/mol. The summed E-state index contributed by atoms with van der Waals surface area (Å²) in [6.45, 7) is -2.12. The number of aliphatic hydroxyl groups is 14. The van der Waals surface area contributed by atoms with Gasteiger partial charge in [0.1, 0.15) is 84.8 Å². The maximum absolute atomic E-state index is 11.0. The molecule has 0 bridgehead atoms. The van der Waals surface area contributed by atoms with Crippen LogP contribution >= 0.6 is 0 Å². The first kappa shape index (κ1) is 41.0. The molecule has 4 aliphatic heterocycles. The van der Waals surface area contributed by atoms with E-state index in [1.807, 2.05) is 0 Å². The number of ether oxygens (including phenoxy) is 8. The van der Waals surface area contributed by atoms with Crippen LogP contribution in [0.1, 0.15) is 5.56 Å². The lowest BCUT2D eigenvalue weighted by Crippen LogP contribution is -2.61. The number of methoxy groups -OCH3 is 1. The van der Waals surface area contributed by atoms with Gasteiger partial charge in [-0.1, -0.05) is 0 Å². The molecule has 14 N–H and O–H groups in total. The molecular formula is C34H45O21+. The molecule has 0 aromatic heterocycles. The lowest BCUT2D eigenvalue weighted by atomic mass is 9.96. The summed E-state index contributed by atoms with van der Waals surface area (Å²) in [4.78, 5) is 0. The molecule has 16 unspecified atom stereocenters. The van der Waals surface area contributed by atoms with E-state index < -0.39 is 118 Å². The number of rotatable bonds is 11. The van der Waals surface area contributed by atoms with E-state index in [-0.39, 0.29) is 45.7 Å². The quantitative estimate of drug-likeness (QED) is 0.0931. The van der Waals surface area contributed by atoms with Crippen molar-refractivity contribution >= 4 is 5.76 Å². The van der Waals surface area contributed by atoms with E-state index in [9.17, 15) is 66.4 Å².